The van der Waals surface area contributed by atoms with E-state index in [2.05, 4.69) is 37.9 Å². The van der Waals surface area contributed by atoms with Gasteiger partial charge in [0.05, 0.1) is 6.61 Å². The summed E-state index contributed by atoms with van der Waals surface area (Å²) in [6, 6.07) is 10.3. The Hall–Kier alpha value is -1.81. The van der Waals surface area contributed by atoms with Gasteiger partial charge in [-0.15, -0.1) is 0 Å². The first-order chi connectivity index (χ1) is 9.78. The molecule has 0 radical (unpaired) electrons. The number of nitrogens with zero attached hydrogens (tertiary/aromatic N) is 1. The Morgan fingerprint density at radius 2 is 1.95 bits per heavy atom. The van der Waals surface area contributed by atoms with Crippen molar-refractivity contribution in [1.82, 2.24) is 4.90 Å². The van der Waals surface area contributed by atoms with E-state index in [4.69, 9.17) is 10.5 Å². The predicted molar refractivity (Wildman–Crippen MR) is 85.5 cm³/mol. The van der Waals surface area contributed by atoms with Crippen molar-refractivity contribution < 1.29 is 9.53 Å². The van der Waals surface area contributed by atoms with E-state index < -0.39 is 0 Å². The number of hydrogen-bond donors (Lipinski definition) is 1. The Bertz CT molecular complexity index is 477. The number of carbonyl (C=O) groups is 1. The lowest BCUT2D eigenvalue weighted by Crippen LogP contribution is -2.35. The molecule has 21 heavy (non-hydrogen) atoms. The molecule has 0 spiro atoms. The Morgan fingerprint density at radius 1 is 1.33 bits per heavy atom. The number of esters is 1. The molecular weight excluding hydrogens is 264 g/mol. The van der Waals surface area contributed by atoms with Gasteiger partial charge in [0.25, 0.3) is 0 Å². The zero-order valence-corrected chi connectivity index (χ0v) is 13.4. The van der Waals surface area contributed by atoms with Crippen molar-refractivity contribution in [2.75, 3.05) is 20.2 Å². The SMILES string of the molecule is C/C(N)=C/C(=O)OCC(C)(C)CN(C)Cc1ccccc1. The molecule has 0 aromatic heterocycles. The summed E-state index contributed by atoms with van der Waals surface area (Å²) in [5.41, 5.74) is 7.07. The maximum atomic E-state index is 11.5. The van der Waals surface area contributed by atoms with E-state index >= 15 is 0 Å². The van der Waals surface area contributed by atoms with Crippen molar-refractivity contribution >= 4 is 5.97 Å². The molecule has 4 nitrogen and oxygen atoms in total. The number of carbonyl (C=O) groups excluding carboxylic acids is 1. The van der Waals surface area contributed by atoms with E-state index in [1.54, 1.807) is 6.92 Å². The highest BCUT2D eigenvalue weighted by atomic mass is 16.5. The second-order valence-electron chi connectivity index (χ2n) is 6.32. The summed E-state index contributed by atoms with van der Waals surface area (Å²) in [6.07, 6.45) is 1.31. The van der Waals surface area contributed by atoms with Gasteiger partial charge in [-0.2, -0.15) is 0 Å². The fourth-order valence-corrected chi connectivity index (χ4v) is 2.22. The van der Waals surface area contributed by atoms with Crippen LogP contribution in [0.15, 0.2) is 42.1 Å². The van der Waals surface area contributed by atoms with Gasteiger partial charge in [-0.25, -0.2) is 4.79 Å². The molecule has 116 valence electrons. The van der Waals surface area contributed by atoms with Crippen LogP contribution in [0.2, 0.25) is 0 Å². The van der Waals surface area contributed by atoms with Crippen LogP contribution in [-0.2, 0) is 16.1 Å². The maximum absolute atomic E-state index is 11.5. The van der Waals surface area contributed by atoms with Gasteiger partial charge in [0, 0.05) is 30.3 Å². The van der Waals surface area contributed by atoms with E-state index in [-0.39, 0.29) is 11.4 Å². The van der Waals surface area contributed by atoms with Crippen LogP contribution in [0.3, 0.4) is 0 Å². The summed E-state index contributed by atoms with van der Waals surface area (Å²) in [5, 5.41) is 0. The summed E-state index contributed by atoms with van der Waals surface area (Å²) in [6.45, 7) is 7.91. The molecule has 1 aromatic carbocycles. The van der Waals surface area contributed by atoms with E-state index in [1.165, 1.54) is 11.6 Å². The standard InChI is InChI=1S/C17H26N2O2/c1-14(18)10-16(20)21-13-17(2,3)12-19(4)11-15-8-6-5-7-9-15/h5-10H,11-13,18H2,1-4H3/b14-10-. The summed E-state index contributed by atoms with van der Waals surface area (Å²) in [7, 11) is 2.07. The number of nitrogens with two attached hydrogens (primary N) is 1. The molecular formula is C17H26N2O2. The van der Waals surface area contributed by atoms with Crippen LogP contribution in [0.4, 0.5) is 0 Å². The second-order valence-corrected chi connectivity index (χ2v) is 6.32. The Morgan fingerprint density at radius 3 is 2.52 bits per heavy atom. The fraction of sp³-hybridized carbons (Fsp3) is 0.471. The third-order valence-electron chi connectivity index (χ3n) is 2.94. The highest BCUT2D eigenvalue weighted by molar-refractivity contribution is 5.82. The maximum Gasteiger partial charge on any atom is 0.332 e. The topological polar surface area (TPSA) is 55.6 Å². The number of allylic oxidation sites excluding steroid dienone is 1. The molecule has 0 heterocycles. The molecule has 0 saturated heterocycles. The lowest BCUT2D eigenvalue weighted by atomic mass is 9.94. The molecule has 1 aromatic rings. The number of hydrogen-bond acceptors (Lipinski definition) is 4. The monoisotopic (exact) mass is 290 g/mol. The van der Waals surface area contributed by atoms with E-state index in [0.717, 1.165) is 13.1 Å². The first kappa shape index (κ1) is 17.2. The zero-order valence-electron chi connectivity index (χ0n) is 13.4. The van der Waals surface area contributed by atoms with Crippen molar-refractivity contribution in [3.63, 3.8) is 0 Å². The molecule has 1 rings (SSSR count). The third kappa shape index (κ3) is 7.51. The quantitative estimate of drug-likeness (QED) is 0.619. The Balaban J connectivity index is 2.44. The van der Waals surface area contributed by atoms with Gasteiger partial charge in [-0.05, 0) is 19.5 Å². The van der Waals surface area contributed by atoms with Gasteiger partial charge in [-0.3, -0.25) is 0 Å². The average Bonchev–Trinajstić information content (AvgIpc) is 2.36. The molecule has 4 heteroatoms. The van der Waals surface area contributed by atoms with Gasteiger partial charge in [-0.1, -0.05) is 44.2 Å². The van der Waals surface area contributed by atoms with Crippen LogP contribution in [0.5, 0.6) is 0 Å². The molecule has 0 bridgehead atoms. The molecule has 0 saturated carbocycles. The fourth-order valence-electron chi connectivity index (χ4n) is 2.22. The highest BCUT2D eigenvalue weighted by Gasteiger charge is 2.22. The summed E-state index contributed by atoms with van der Waals surface area (Å²) in [4.78, 5) is 13.7. The molecule has 0 aliphatic carbocycles. The van der Waals surface area contributed by atoms with Gasteiger partial charge in [0.1, 0.15) is 0 Å². The molecule has 0 unspecified atom stereocenters. The summed E-state index contributed by atoms with van der Waals surface area (Å²) in [5.74, 6) is -0.381. The van der Waals surface area contributed by atoms with Crippen LogP contribution in [0.25, 0.3) is 0 Å². The van der Waals surface area contributed by atoms with E-state index in [9.17, 15) is 4.79 Å². The molecule has 0 fully saturated rings. The van der Waals surface area contributed by atoms with Crippen molar-refractivity contribution in [2.24, 2.45) is 11.1 Å². The molecule has 0 aliphatic heterocycles. The number of ether oxygens (including phenoxy) is 1. The molecule has 0 amide bonds. The number of benzene rings is 1. The van der Waals surface area contributed by atoms with Crippen molar-refractivity contribution in [2.45, 2.75) is 27.3 Å². The first-order valence-electron chi connectivity index (χ1n) is 7.11. The van der Waals surface area contributed by atoms with Crippen LogP contribution in [0.1, 0.15) is 26.3 Å². The smallest absolute Gasteiger partial charge is 0.332 e. The minimum Gasteiger partial charge on any atom is -0.462 e. The second kappa shape index (κ2) is 7.84. The van der Waals surface area contributed by atoms with Crippen molar-refractivity contribution in [1.29, 1.82) is 0 Å². The average molecular weight is 290 g/mol. The van der Waals surface area contributed by atoms with Gasteiger partial charge < -0.3 is 15.4 Å². The van der Waals surface area contributed by atoms with Crippen LogP contribution >= 0.6 is 0 Å². The minimum atomic E-state index is -0.381. The predicted octanol–water partition coefficient (Wildman–Crippen LogP) is 2.55. The van der Waals surface area contributed by atoms with Crippen LogP contribution in [-0.4, -0.2) is 31.1 Å². The zero-order chi connectivity index (χ0) is 15.9. The van der Waals surface area contributed by atoms with Gasteiger partial charge in [0.15, 0.2) is 0 Å². The summed E-state index contributed by atoms with van der Waals surface area (Å²) < 4.78 is 5.25. The van der Waals surface area contributed by atoms with Crippen molar-refractivity contribution in [3.05, 3.63) is 47.7 Å². The highest BCUT2D eigenvalue weighted by Crippen LogP contribution is 2.18. The lowest BCUT2D eigenvalue weighted by molar-refractivity contribution is -0.141. The van der Waals surface area contributed by atoms with E-state index in [1.807, 2.05) is 18.2 Å². The Labute approximate surface area is 127 Å². The van der Waals surface area contributed by atoms with Gasteiger partial charge >= 0.3 is 5.97 Å². The third-order valence-corrected chi connectivity index (χ3v) is 2.94. The largest absolute Gasteiger partial charge is 0.462 e. The molecule has 0 atom stereocenters. The molecule has 2 N–H and O–H groups in total. The normalized spacial score (nSPS) is 12.5. The first-order valence-corrected chi connectivity index (χ1v) is 7.11. The Kier molecular flexibility index (Phi) is 6.43. The van der Waals surface area contributed by atoms with Crippen molar-refractivity contribution in [3.8, 4) is 0 Å². The van der Waals surface area contributed by atoms with Crippen LogP contribution in [0, 0.1) is 5.41 Å². The van der Waals surface area contributed by atoms with E-state index in [0.29, 0.717) is 12.3 Å². The van der Waals surface area contributed by atoms with Crippen LogP contribution < -0.4 is 5.73 Å². The van der Waals surface area contributed by atoms with Gasteiger partial charge in [0.2, 0.25) is 0 Å². The summed E-state index contributed by atoms with van der Waals surface area (Å²) >= 11 is 0. The number of rotatable bonds is 7. The lowest BCUT2D eigenvalue weighted by Gasteiger charge is -2.29. The minimum absolute atomic E-state index is 0.116. The molecule has 0 aliphatic rings.